The molecule has 7 aromatic rings. The lowest BCUT2D eigenvalue weighted by atomic mass is 9.93. The molecule has 0 amide bonds. The Labute approximate surface area is 174 Å². The fourth-order valence-electron chi connectivity index (χ4n) is 4.99. The normalized spacial score (nSPS) is 12.0. The minimum absolute atomic E-state index is 1.29. The number of benzene rings is 7. The monoisotopic (exact) mass is 378 g/mol. The zero-order valence-corrected chi connectivity index (χ0v) is 16.4. The summed E-state index contributed by atoms with van der Waals surface area (Å²) >= 11 is 0. The summed E-state index contributed by atoms with van der Waals surface area (Å²) in [5.41, 5.74) is 0. The van der Waals surface area contributed by atoms with Crippen molar-refractivity contribution in [2.75, 3.05) is 0 Å². The topological polar surface area (TPSA) is 0 Å². The van der Waals surface area contributed by atoms with Gasteiger partial charge in [0.25, 0.3) is 0 Å². The highest BCUT2D eigenvalue weighted by Gasteiger charge is 2.08. The molecule has 0 nitrogen and oxygen atoms in total. The minimum Gasteiger partial charge on any atom is -0.0616 e. The molecule has 0 aliphatic heterocycles. The van der Waals surface area contributed by atoms with E-state index >= 15 is 0 Å². The lowest BCUT2D eigenvalue weighted by molar-refractivity contribution is 1.78. The van der Waals surface area contributed by atoms with E-state index in [9.17, 15) is 0 Å². The molecule has 0 saturated heterocycles. The number of hydrogen-bond acceptors (Lipinski definition) is 0. The fourth-order valence-corrected chi connectivity index (χ4v) is 4.99. The van der Waals surface area contributed by atoms with Gasteiger partial charge in [-0.3, -0.25) is 0 Å². The van der Waals surface area contributed by atoms with Crippen molar-refractivity contribution in [1.29, 1.82) is 0 Å². The van der Waals surface area contributed by atoms with Gasteiger partial charge in [-0.15, -0.1) is 0 Å². The first kappa shape index (κ1) is 16.0. The third-order valence-electron chi connectivity index (χ3n) is 6.52. The second-order valence-electron chi connectivity index (χ2n) is 8.27. The van der Waals surface area contributed by atoms with Crippen LogP contribution in [-0.2, 0) is 0 Å². The Morgan fingerprint density at radius 1 is 0.233 bits per heavy atom. The van der Waals surface area contributed by atoms with Gasteiger partial charge in [0.15, 0.2) is 0 Å². The fraction of sp³-hybridized carbons (Fsp3) is 0. The summed E-state index contributed by atoms with van der Waals surface area (Å²) in [6, 6.07) is 40.3. The number of hydrogen-bond donors (Lipinski definition) is 0. The standard InChI is InChI=1S/C30H18/c1-3-7-21-16-27-23(13-19(21)5-1)9-11-25-15-26-12-10-24-14-20-6-2-4-8-22(20)17-28(24)30(26)18-29(25)27/h1-18H. The molecule has 0 aliphatic carbocycles. The molecule has 0 unspecified atom stereocenters. The number of fused-ring (bicyclic) bond motifs is 8. The Balaban J connectivity index is 1.66. The molecule has 0 radical (unpaired) electrons. The average molecular weight is 378 g/mol. The Hall–Kier alpha value is -3.90. The van der Waals surface area contributed by atoms with Crippen LogP contribution in [0.1, 0.15) is 0 Å². The largest absolute Gasteiger partial charge is 0.0616 e. The first-order valence-corrected chi connectivity index (χ1v) is 10.4. The third kappa shape index (κ3) is 2.22. The Morgan fingerprint density at radius 2 is 0.533 bits per heavy atom. The lowest BCUT2D eigenvalue weighted by Crippen LogP contribution is -1.83. The highest BCUT2D eigenvalue weighted by atomic mass is 14.1. The van der Waals surface area contributed by atoms with Crippen molar-refractivity contribution in [3.63, 3.8) is 0 Å². The van der Waals surface area contributed by atoms with E-state index < -0.39 is 0 Å². The van der Waals surface area contributed by atoms with Crippen molar-refractivity contribution < 1.29 is 0 Å². The molecule has 7 rings (SSSR count). The molecular weight excluding hydrogens is 360 g/mol. The van der Waals surface area contributed by atoms with Crippen LogP contribution < -0.4 is 0 Å². The SMILES string of the molecule is c1ccc2cc3c(ccc4cc5ccc6cc7ccccc7cc6c5cc43)cc2c1. The van der Waals surface area contributed by atoms with Crippen molar-refractivity contribution in [1.82, 2.24) is 0 Å². The summed E-state index contributed by atoms with van der Waals surface area (Å²) in [6.45, 7) is 0. The van der Waals surface area contributed by atoms with Crippen molar-refractivity contribution >= 4 is 64.6 Å². The second-order valence-corrected chi connectivity index (χ2v) is 8.27. The summed E-state index contributed by atoms with van der Waals surface area (Å²) in [6.07, 6.45) is 0. The quantitative estimate of drug-likeness (QED) is 0.183. The molecule has 0 atom stereocenters. The first-order chi connectivity index (χ1) is 14.8. The maximum absolute atomic E-state index is 2.40. The summed E-state index contributed by atoms with van der Waals surface area (Å²) < 4.78 is 0. The Morgan fingerprint density at radius 3 is 0.933 bits per heavy atom. The van der Waals surface area contributed by atoms with E-state index in [2.05, 4.69) is 109 Å². The Bertz CT molecular complexity index is 1660. The van der Waals surface area contributed by atoms with Crippen molar-refractivity contribution in [2.45, 2.75) is 0 Å². The van der Waals surface area contributed by atoms with Gasteiger partial charge in [0.05, 0.1) is 0 Å². The summed E-state index contributed by atoms with van der Waals surface area (Å²) in [5, 5.41) is 15.7. The van der Waals surface area contributed by atoms with Crippen molar-refractivity contribution in [3.8, 4) is 0 Å². The average Bonchev–Trinajstić information content (AvgIpc) is 2.80. The molecule has 0 aromatic heterocycles. The maximum Gasteiger partial charge on any atom is -0.00986 e. The smallest absolute Gasteiger partial charge is 0.00986 e. The molecule has 0 fully saturated rings. The van der Waals surface area contributed by atoms with Crippen LogP contribution in [0.3, 0.4) is 0 Å². The van der Waals surface area contributed by atoms with Crippen LogP contribution in [0.2, 0.25) is 0 Å². The molecule has 0 heterocycles. The third-order valence-corrected chi connectivity index (χ3v) is 6.52. The van der Waals surface area contributed by atoms with E-state index in [-0.39, 0.29) is 0 Å². The van der Waals surface area contributed by atoms with Gasteiger partial charge in [-0.1, -0.05) is 72.8 Å². The molecule has 0 heteroatoms. The van der Waals surface area contributed by atoms with Gasteiger partial charge >= 0.3 is 0 Å². The van der Waals surface area contributed by atoms with E-state index in [0.29, 0.717) is 0 Å². The molecule has 0 N–H and O–H groups in total. The Kier molecular flexibility index (Phi) is 3.09. The van der Waals surface area contributed by atoms with Crippen LogP contribution in [0.15, 0.2) is 109 Å². The molecule has 0 spiro atoms. The first-order valence-electron chi connectivity index (χ1n) is 10.4. The molecule has 0 saturated carbocycles. The van der Waals surface area contributed by atoms with Gasteiger partial charge in [0.2, 0.25) is 0 Å². The second kappa shape index (κ2) is 5.81. The van der Waals surface area contributed by atoms with E-state index in [1.807, 2.05) is 0 Å². The number of rotatable bonds is 0. The molecule has 0 bridgehead atoms. The maximum atomic E-state index is 2.40. The van der Waals surface area contributed by atoms with Crippen LogP contribution >= 0.6 is 0 Å². The van der Waals surface area contributed by atoms with E-state index in [1.165, 1.54) is 64.6 Å². The van der Waals surface area contributed by atoms with Crippen molar-refractivity contribution in [3.05, 3.63) is 109 Å². The van der Waals surface area contributed by atoms with E-state index in [4.69, 9.17) is 0 Å². The van der Waals surface area contributed by atoms with Crippen LogP contribution in [0.25, 0.3) is 64.6 Å². The summed E-state index contributed by atoms with van der Waals surface area (Å²) in [4.78, 5) is 0. The van der Waals surface area contributed by atoms with E-state index in [0.717, 1.165) is 0 Å². The zero-order valence-electron chi connectivity index (χ0n) is 16.4. The van der Waals surface area contributed by atoms with Gasteiger partial charge in [0, 0.05) is 0 Å². The van der Waals surface area contributed by atoms with Crippen LogP contribution in [0.5, 0.6) is 0 Å². The molecule has 138 valence electrons. The van der Waals surface area contributed by atoms with Crippen LogP contribution in [0.4, 0.5) is 0 Å². The van der Waals surface area contributed by atoms with Crippen LogP contribution in [-0.4, -0.2) is 0 Å². The van der Waals surface area contributed by atoms with Crippen LogP contribution in [0, 0.1) is 0 Å². The predicted molar refractivity (Wildman–Crippen MR) is 131 cm³/mol. The van der Waals surface area contributed by atoms with Gasteiger partial charge in [-0.25, -0.2) is 0 Å². The molecule has 0 aliphatic rings. The van der Waals surface area contributed by atoms with Gasteiger partial charge in [-0.2, -0.15) is 0 Å². The zero-order chi connectivity index (χ0) is 19.7. The van der Waals surface area contributed by atoms with Gasteiger partial charge in [0.1, 0.15) is 0 Å². The van der Waals surface area contributed by atoms with E-state index in [1.54, 1.807) is 0 Å². The van der Waals surface area contributed by atoms with Gasteiger partial charge in [-0.05, 0) is 101 Å². The lowest BCUT2D eigenvalue weighted by Gasteiger charge is -2.11. The van der Waals surface area contributed by atoms with Gasteiger partial charge < -0.3 is 0 Å². The molecular formula is C30H18. The minimum atomic E-state index is 1.29. The highest BCUT2D eigenvalue weighted by Crippen LogP contribution is 2.36. The van der Waals surface area contributed by atoms with Crippen molar-refractivity contribution in [2.24, 2.45) is 0 Å². The molecule has 30 heavy (non-hydrogen) atoms. The summed E-state index contributed by atoms with van der Waals surface area (Å²) in [5.74, 6) is 0. The highest BCUT2D eigenvalue weighted by molar-refractivity contribution is 6.20. The molecule has 7 aromatic carbocycles. The predicted octanol–water partition coefficient (Wildman–Crippen LogP) is 8.61. The summed E-state index contributed by atoms with van der Waals surface area (Å²) in [7, 11) is 0.